The Hall–Kier alpha value is -3.41. The van der Waals surface area contributed by atoms with Crippen LogP contribution in [-0.2, 0) is 6.42 Å². The topological polar surface area (TPSA) is 58.6 Å². The summed E-state index contributed by atoms with van der Waals surface area (Å²) in [4.78, 5) is 26.8. The number of carbonyl (C=O) groups excluding carboxylic acids is 1. The molecule has 164 valence electrons. The fourth-order valence-electron chi connectivity index (χ4n) is 4.62. The van der Waals surface area contributed by atoms with Crippen molar-refractivity contribution in [2.45, 2.75) is 25.7 Å². The second kappa shape index (κ2) is 8.61. The molecular formula is C26H28N4O2. The Bertz CT molecular complexity index is 1100. The van der Waals surface area contributed by atoms with Gasteiger partial charge in [-0.15, -0.1) is 0 Å². The molecule has 6 nitrogen and oxygen atoms in total. The van der Waals surface area contributed by atoms with E-state index in [1.54, 1.807) is 13.3 Å². The fourth-order valence-corrected chi connectivity index (χ4v) is 4.62. The zero-order chi connectivity index (χ0) is 22.1. The number of aromatic nitrogens is 2. The summed E-state index contributed by atoms with van der Waals surface area (Å²) in [7, 11) is 1.68. The van der Waals surface area contributed by atoms with Crippen LogP contribution >= 0.6 is 0 Å². The molecule has 1 aliphatic heterocycles. The normalized spacial score (nSPS) is 18.4. The number of ketones is 1. The number of hydrogen-bond acceptors (Lipinski definition) is 6. The number of anilines is 2. The lowest BCUT2D eigenvalue weighted by atomic mass is 9.82. The minimum absolute atomic E-state index is 0.146. The Labute approximate surface area is 188 Å². The number of benzene rings is 2. The SMILES string of the molecule is COc1ccc(N2CCN(c3ncc4c(n3)CC(c3ccc(C)cc3)CC4=O)CC2)cc1. The van der Waals surface area contributed by atoms with E-state index < -0.39 is 0 Å². The first-order chi connectivity index (χ1) is 15.6. The van der Waals surface area contributed by atoms with Crippen LogP contribution in [0.25, 0.3) is 0 Å². The Balaban J connectivity index is 1.29. The molecule has 1 atom stereocenters. The Morgan fingerprint density at radius 2 is 1.59 bits per heavy atom. The molecule has 6 heteroatoms. The van der Waals surface area contributed by atoms with Crippen molar-refractivity contribution in [3.05, 3.63) is 77.1 Å². The molecule has 0 amide bonds. The van der Waals surface area contributed by atoms with E-state index in [1.165, 1.54) is 16.8 Å². The molecule has 0 N–H and O–H groups in total. The number of rotatable bonds is 4. The standard InChI is InChI=1S/C26H28N4O2/c1-18-3-5-19(6-4-18)20-15-24-23(25(31)16-20)17-27-26(28-24)30-13-11-29(12-14-30)21-7-9-22(32-2)10-8-21/h3-10,17,20H,11-16H2,1-2H3. The third-order valence-corrected chi connectivity index (χ3v) is 6.58. The van der Waals surface area contributed by atoms with Crippen molar-refractivity contribution in [1.82, 2.24) is 9.97 Å². The van der Waals surface area contributed by atoms with Crippen LogP contribution in [0.5, 0.6) is 5.75 Å². The first-order valence-corrected chi connectivity index (χ1v) is 11.2. The zero-order valence-electron chi connectivity index (χ0n) is 18.6. The van der Waals surface area contributed by atoms with Gasteiger partial charge < -0.3 is 14.5 Å². The molecule has 1 unspecified atom stereocenters. The molecule has 1 fully saturated rings. The molecule has 0 radical (unpaired) electrons. The van der Waals surface area contributed by atoms with Gasteiger partial charge in [-0.25, -0.2) is 9.97 Å². The van der Waals surface area contributed by atoms with E-state index in [1.807, 2.05) is 12.1 Å². The van der Waals surface area contributed by atoms with Gasteiger partial charge in [0.2, 0.25) is 5.95 Å². The Kier molecular flexibility index (Phi) is 5.52. The number of Topliss-reactive ketones (excluding diaryl/α,β-unsaturated/α-hetero) is 1. The van der Waals surface area contributed by atoms with E-state index in [2.05, 4.69) is 58.1 Å². The smallest absolute Gasteiger partial charge is 0.225 e. The van der Waals surface area contributed by atoms with Crippen LogP contribution in [0.3, 0.4) is 0 Å². The minimum atomic E-state index is 0.146. The first-order valence-electron chi connectivity index (χ1n) is 11.2. The maximum Gasteiger partial charge on any atom is 0.225 e. The number of piperazine rings is 1. The van der Waals surface area contributed by atoms with Gasteiger partial charge in [-0.3, -0.25) is 4.79 Å². The summed E-state index contributed by atoms with van der Waals surface area (Å²) in [6, 6.07) is 16.7. The highest BCUT2D eigenvalue weighted by Crippen LogP contribution is 2.32. The van der Waals surface area contributed by atoms with E-state index in [4.69, 9.17) is 9.72 Å². The number of carbonyl (C=O) groups is 1. The molecule has 2 aliphatic rings. The highest BCUT2D eigenvalue weighted by Gasteiger charge is 2.29. The van der Waals surface area contributed by atoms with E-state index >= 15 is 0 Å². The van der Waals surface area contributed by atoms with Crippen LogP contribution in [0.15, 0.2) is 54.7 Å². The van der Waals surface area contributed by atoms with Crippen molar-refractivity contribution in [3.8, 4) is 5.75 Å². The average molecular weight is 429 g/mol. The minimum Gasteiger partial charge on any atom is -0.497 e. The lowest BCUT2D eigenvalue weighted by Crippen LogP contribution is -2.47. The highest BCUT2D eigenvalue weighted by atomic mass is 16.5. The zero-order valence-corrected chi connectivity index (χ0v) is 18.6. The predicted molar refractivity (Wildman–Crippen MR) is 126 cm³/mol. The van der Waals surface area contributed by atoms with Crippen LogP contribution in [0.2, 0.25) is 0 Å². The maximum absolute atomic E-state index is 12.8. The van der Waals surface area contributed by atoms with Crippen molar-refractivity contribution in [3.63, 3.8) is 0 Å². The van der Waals surface area contributed by atoms with Crippen LogP contribution in [-0.4, -0.2) is 49.0 Å². The molecule has 1 aromatic heterocycles. The highest BCUT2D eigenvalue weighted by molar-refractivity contribution is 5.98. The van der Waals surface area contributed by atoms with Gasteiger partial charge in [0.15, 0.2) is 5.78 Å². The van der Waals surface area contributed by atoms with Gasteiger partial charge in [0.25, 0.3) is 0 Å². The summed E-state index contributed by atoms with van der Waals surface area (Å²) in [5.41, 5.74) is 5.21. The summed E-state index contributed by atoms with van der Waals surface area (Å²) in [5.74, 6) is 1.93. The van der Waals surface area contributed by atoms with Crippen molar-refractivity contribution >= 4 is 17.4 Å². The van der Waals surface area contributed by atoms with Gasteiger partial charge >= 0.3 is 0 Å². The van der Waals surface area contributed by atoms with Crippen LogP contribution < -0.4 is 14.5 Å². The second-order valence-electron chi connectivity index (χ2n) is 8.64. The molecule has 5 rings (SSSR count). The number of nitrogens with zero attached hydrogens (tertiary/aromatic N) is 4. The molecule has 0 bridgehead atoms. The quantitative estimate of drug-likeness (QED) is 0.625. The second-order valence-corrected chi connectivity index (χ2v) is 8.64. The molecule has 2 heterocycles. The number of aryl methyl sites for hydroxylation is 1. The van der Waals surface area contributed by atoms with E-state index in [0.29, 0.717) is 12.0 Å². The third kappa shape index (κ3) is 4.05. The molecule has 1 aliphatic carbocycles. The van der Waals surface area contributed by atoms with Gasteiger partial charge in [0, 0.05) is 44.5 Å². The third-order valence-electron chi connectivity index (χ3n) is 6.58. The summed E-state index contributed by atoms with van der Waals surface area (Å²) in [6.07, 6.45) is 3.05. The monoisotopic (exact) mass is 428 g/mol. The number of ether oxygens (including phenoxy) is 1. The Morgan fingerprint density at radius 3 is 2.28 bits per heavy atom. The molecule has 0 saturated carbocycles. The molecular weight excluding hydrogens is 400 g/mol. The van der Waals surface area contributed by atoms with Crippen molar-refractivity contribution in [2.24, 2.45) is 0 Å². The predicted octanol–water partition coefficient (Wildman–Crippen LogP) is 4.03. The van der Waals surface area contributed by atoms with E-state index in [9.17, 15) is 4.79 Å². The van der Waals surface area contributed by atoms with Gasteiger partial charge in [0.05, 0.1) is 18.4 Å². The van der Waals surface area contributed by atoms with Crippen LogP contribution in [0.4, 0.5) is 11.6 Å². The first kappa shape index (κ1) is 20.5. The van der Waals surface area contributed by atoms with Gasteiger partial charge in [-0.05, 0) is 49.1 Å². The maximum atomic E-state index is 12.8. The van der Waals surface area contributed by atoms with Crippen molar-refractivity contribution in [1.29, 1.82) is 0 Å². The average Bonchev–Trinajstić information content (AvgIpc) is 2.84. The summed E-state index contributed by atoms with van der Waals surface area (Å²) < 4.78 is 5.26. The molecule has 0 spiro atoms. The summed E-state index contributed by atoms with van der Waals surface area (Å²) >= 11 is 0. The number of hydrogen-bond donors (Lipinski definition) is 0. The molecule has 32 heavy (non-hydrogen) atoms. The van der Waals surface area contributed by atoms with Gasteiger partial charge in [-0.2, -0.15) is 0 Å². The Morgan fingerprint density at radius 1 is 0.906 bits per heavy atom. The lowest BCUT2D eigenvalue weighted by Gasteiger charge is -2.36. The number of fused-ring (bicyclic) bond motifs is 1. The van der Waals surface area contributed by atoms with E-state index in [0.717, 1.165) is 50.0 Å². The summed E-state index contributed by atoms with van der Waals surface area (Å²) in [5, 5.41) is 0. The fraction of sp³-hybridized carbons (Fsp3) is 0.346. The van der Waals surface area contributed by atoms with Crippen molar-refractivity contribution < 1.29 is 9.53 Å². The van der Waals surface area contributed by atoms with E-state index in [-0.39, 0.29) is 11.7 Å². The number of methoxy groups -OCH3 is 1. The summed E-state index contributed by atoms with van der Waals surface area (Å²) in [6.45, 7) is 5.58. The largest absolute Gasteiger partial charge is 0.497 e. The lowest BCUT2D eigenvalue weighted by molar-refractivity contribution is 0.0962. The molecule has 3 aromatic rings. The molecule has 1 saturated heterocycles. The van der Waals surface area contributed by atoms with Crippen LogP contribution in [0, 0.1) is 6.92 Å². The van der Waals surface area contributed by atoms with Crippen LogP contribution in [0.1, 0.15) is 39.5 Å². The van der Waals surface area contributed by atoms with Gasteiger partial charge in [0.1, 0.15) is 5.75 Å². The van der Waals surface area contributed by atoms with Gasteiger partial charge in [-0.1, -0.05) is 29.8 Å². The molecule has 2 aromatic carbocycles. The van der Waals surface area contributed by atoms with Crippen molar-refractivity contribution in [2.75, 3.05) is 43.1 Å².